The maximum atomic E-state index is 13.4. The lowest BCUT2D eigenvalue weighted by Crippen LogP contribution is -2.17. The van der Waals surface area contributed by atoms with Gasteiger partial charge in [0.15, 0.2) is 0 Å². The smallest absolute Gasteiger partial charge is 0.130 e. The van der Waals surface area contributed by atoms with E-state index in [2.05, 4.69) is 5.32 Å². The SMILES string of the molecule is Fc1ccc(CNCCc2ccc(Cl)cc2)c(F)c1. The lowest BCUT2D eigenvalue weighted by Gasteiger charge is -2.06. The fourth-order valence-corrected chi connectivity index (χ4v) is 1.90. The molecule has 0 radical (unpaired) electrons. The van der Waals surface area contributed by atoms with E-state index in [1.807, 2.05) is 24.3 Å². The van der Waals surface area contributed by atoms with E-state index in [-0.39, 0.29) is 0 Å². The Morgan fingerprint density at radius 2 is 1.74 bits per heavy atom. The molecule has 2 aromatic carbocycles. The topological polar surface area (TPSA) is 12.0 Å². The maximum absolute atomic E-state index is 13.4. The van der Waals surface area contributed by atoms with E-state index in [9.17, 15) is 8.78 Å². The average Bonchev–Trinajstić information content (AvgIpc) is 2.39. The van der Waals surface area contributed by atoms with E-state index in [0.29, 0.717) is 17.1 Å². The molecule has 0 amide bonds. The van der Waals surface area contributed by atoms with Crippen LogP contribution in [0.5, 0.6) is 0 Å². The van der Waals surface area contributed by atoms with Gasteiger partial charge >= 0.3 is 0 Å². The zero-order chi connectivity index (χ0) is 13.7. The molecular weight excluding hydrogens is 268 g/mol. The highest BCUT2D eigenvalue weighted by Crippen LogP contribution is 2.10. The monoisotopic (exact) mass is 281 g/mol. The molecule has 2 aromatic rings. The minimum absolute atomic E-state index is 0.389. The fourth-order valence-electron chi connectivity index (χ4n) is 1.77. The zero-order valence-corrected chi connectivity index (χ0v) is 11.1. The summed E-state index contributed by atoms with van der Waals surface area (Å²) in [5.74, 6) is -1.07. The Balaban J connectivity index is 1.79. The van der Waals surface area contributed by atoms with Gasteiger partial charge in [-0.1, -0.05) is 29.8 Å². The van der Waals surface area contributed by atoms with Gasteiger partial charge in [0.2, 0.25) is 0 Å². The highest BCUT2D eigenvalue weighted by molar-refractivity contribution is 6.30. The molecule has 0 atom stereocenters. The summed E-state index contributed by atoms with van der Waals surface area (Å²) in [6.45, 7) is 1.11. The average molecular weight is 282 g/mol. The summed E-state index contributed by atoms with van der Waals surface area (Å²) in [6, 6.07) is 11.2. The van der Waals surface area contributed by atoms with Crippen LogP contribution in [0.4, 0.5) is 8.78 Å². The van der Waals surface area contributed by atoms with Crippen molar-refractivity contribution in [3.63, 3.8) is 0 Å². The Morgan fingerprint density at radius 3 is 2.42 bits per heavy atom. The van der Waals surface area contributed by atoms with Crippen molar-refractivity contribution in [1.82, 2.24) is 5.32 Å². The molecule has 2 rings (SSSR count). The van der Waals surface area contributed by atoms with Crippen LogP contribution < -0.4 is 5.32 Å². The second-order valence-electron chi connectivity index (χ2n) is 4.29. The molecule has 1 nitrogen and oxygen atoms in total. The molecule has 0 aliphatic rings. The van der Waals surface area contributed by atoms with Crippen LogP contribution in [-0.4, -0.2) is 6.54 Å². The van der Waals surface area contributed by atoms with Gasteiger partial charge in [-0.2, -0.15) is 0 Å². The van der Waals surface area contributed by atoms with Crippen LogP contribution in [0.15, 0.2) is 42.5 Å². The molecule has 1 N–H and O–H groups in total. The molecule has 0 saturated carbocycles. The molecule has 0 heterocycles. The molecular formula is C15H14ClF2N. The first kappa shape index (κ1) is 14.0. The number of hydrogen-bond donors (Lipinski definition) is 1. The van der Waals surface area contributed by atoms with Crippen molar-refractivity contribution in [2.45, 2.75) is 13.0 Å². The first-order chi connectivity index (χ1) is 9.15. The zero-order valence-electron chi connectivity index (χ0n) is 10.3. The van der Waals surface area contributed by atoms with E-state index < -0.39 is 11.6 Å². The van der Waals surface area contributed by atoms with E-state index in [1.165, 1.54) is 12.1 Å². The predicted molar refractivity (Wildman–Crippen MR) is 73.2 cm³/mol. The molecule has 19 heavy (non-hydrogen) atoms. The number of rotatable bonds is 5. The molecule has 0 bridgehead atoms. The van der Waals surface area contributed by atoms with Gasteiger partial charge in [0.1, 0.15) is 11.6 Å². The van der Waals surface area contributed by atoms with Crippen molar-refractivity contribution < 1.29 is 8.78 Å². The van der Waals surface area contributed by atoms with Gasteiger partial charge in [-0.25, -0.2) is 8.78 Å². The lowest BCUT2D eigenvalue weighted by molar-refractivity contribution is 0.560. The van der Waals surface area contributed by atoms with Crippen molar-refractivity contribution in [1.29, 1.82) is 0 Å². The summed E-state index contributed by atoms with van der Waals surface area (Å²) in [4.78, 5) is 0. The molecule has 0 fully saturated rings. The largest absolute Gasteiger partial charge is 0.312 e. The van der Waals surface area contributed by atoms with Crippen LogP contribution >= 0.6 is 11.6 Å². The maximum Gasteiger partial charge on any atom is 0.130 e. The van der Waals surface area contributed by atoms with Crippen LogP contribution in [0.25, 0.3) is 0 Å². The van der Waals surface area contributed by atoms with E-state index in [1.54, 1.807) is 0 Å². The van der Waals surface area contributed by atoms with E-state index in [0.717, 1.165) is 24.6 Å². The standard InChI is InChI=1S/C15H14ClF2N/c16-13-4-1-11(2-5-13)7-8-19-10-12-3-6-14(17)9-15(12)18/h1-6,9,19H,7-8,10H2. The second kappa shape index (κ2) is 6.64. The van der Waals surface area contributed by atoms with Crippen LogP contribution in [-0.2, 0) is 13.0 Å². The quantitative estimate of drug-likeness (QED) is 0.818. The van der Waals surface area contributed by atoms with Gasteiger partial charge in [0.25, 0.3) is 0 Å². The minimum Gasteiger partial charge on any atom is -0.312 e. The van der Waals surface area contributed by atoms with Crippen LogP contribution in [0, 0.1) is 11.6 Å². The number of nitrogens with one attached hydrogen (secondary N) is 1. The Kier molecular flexibility index (Phi) is 4.88. The first-order valence-corrected chi connectivity index (χ1v) is 6.42. The van der Waals surface area contributed by atoms with Gasteiger partial charge in [0, 0.05) is 23.2 Å². The number of hydrogen-bond acceptors (Lipinski definition) is 1. The Labute approximate surface area is 116 Å². The van der Waals surface area contributed by atoms with E-state index in [4.69, 9.17) is 11.6 Å². The summed E-state index contributed by atoms with van der Waals surface area (Å²) in [5.41, 5.74) is 1.63. The molecule has 0 spiro atoms. The molecule has 0 aromatic heterocycles. The highest BCUT2D eigenvalue weighted by atomic mass is 35.5. The van der Waals surface area contributed by atoms with Gasteiger partial charge in [-0.15, -0.1) is 0 Å². The highest BCUT2D eigenvalue weighted by Gasteiger charge is 2.02. The minimum atomic E-state index is -0.553. The van der Waals surface area contributed by atoms with Crippen LogP contribution in [0.2, 0.25) is 5.02 Å². The summed E-state index contributed by atoms with van der Waals surface area (Å²) in [7, 11) is 0. The number of halogens is 3. The molecule has 0 unspecified atom stereocenters. The third-order valence-corrected chi connectivity index (χ3v) is 3.09. The van der Waals surface area contributed by atoms with Gasteiger partial charge in [-0.3, -0.25) is 0 Å². The molecule has 0 saturated heterocycles. The lowest BCUT2D eigenvalue weighted by atomic mass is 10.1. The van der Waals surface area contributed by atoms with Crippen molar-refractivity contribution in [3.05, 3.63) is 70.2 Å². The Bertz CT molecular complexity index is 540. The van der Waals surface area contributed by atoms with Crippen LogP contribution in [0.1, 0.15) is 11.1 Å². The van der Waals surface area contributed by atoms with Gasteiger partial charge in [0.05, 0.1) is 0 Å². The van der Waals surface area contributed by atoms with E-state index >= 15 is 0 Å². The second-order valence-corrected chi connectivity index (χ2v) is 4.73. The van der Waals surface area contributed by atoms with Crippen molar-refractivity contribution in [2.75, 3.05) is 6.54 Å². The summed E-state index contributed by atoms with van der Waals surface area (Å²) >= 11 is 5.80. The molecule has 4 heteroatoms. The normalized spacial score (nSPS) is 10.7. The predicted octanol–water partition coefficient (Wildman–Crippen LogP) is 3.95. The Morgan fingerprint density at radius 1 is 1.00 bits per heavy atom. The Hall–Kier alpha value is -1.45. The third kappa shape index (κ3) is 4.30. The number of benzene rings is 2. The van der Waals surface area contributed by atoms with Gasteiger partial charge in [-0.05, 0) is 36.7 Å². The third-order valence-electron chi connectivity index (χ3n) is 2.83. The van der Waals surface area contributed by atoms with Gasteiger partial charge < -0.3 is 5.32 Å². The van der Waals surface area contributed by atoms with Crippen molar-refractivity contribution in [3.8, 4) is 0 Å². The summed E-state index contributed by atoms with van der Waals surface area (Å²) in [6.07, 6.45) is 0.833. The molecule has 0 aliphatic carbocycles. The summed E-state index contributed by atoms with van der Waals surface area (Å²) in [5, 5.41) is 3.84. The van der Waals surface area contributed by atoms with Crippen molar-refractivity contribution >= 4 is 11.6 Å². The van der Waals surface area contributed by atoms with Crippen LogP contribution in [0.3, 0.4) is 0 Å². The summed E-state index contributed by atoms with van der Waals surface area (Å²) < 4.78 is 26.1. The fraction of sp³-hybridized carbons (Fsp3) is 0.200. The first-order valence-electron chi connectivity index (χ1n) is 6.04. The molecule has 100 valence electrons. The van der Waals surface area contributed by atoms with Crippen molar-refractivity contribution in [2.24, 2.45) is 0 Å². The molecule has 0 aliphatic heterocycles.